The zero-order chi connectivity index (χ0) is 22.3. The van der Waals surface area contributed by atoms with E-state index in [-0.39, 0.29) is 0 Å². The smallest absolute Gasteiger partial charge is 0.224 e. The first-order chi connectivity index (χ1) is 16.3. The van der Waals surface area contributed by atoms with Gasteiger partial charge in [-0.2, -0.15) is 9.98 Å². The third kappa shape index (κ3) is 5.22. The van der Waals surface area contributed by atoms with Crippen molar-refractivity contribution in [3.8, 4) is 0 Å². The highest BCUT2D eigenvalue weighted by molar-refractivity contribution is 7.03. The summed E-state index contributed by atoms with van der Waals surface area (Å²) in [5.74, 6) is 1.32. The number of rotatable bonds is 6. The Bertz CT molecular complexity index is 1440. The quantitative estimate of drug-likeness (QED) is 0.376. The summed E-state index contributed by atoms with van der Waals surface area (Å²) in [4.78, 5) is 19.5. The van der Waals surface area contributed by atoms with Crippen molar-refractivity contribution in [2.24, 2.45) is 9.98 Å². The van der Waals surface area contributed by atoms with Gasteiger partial charge >= 0.3 is 0 Å². The van der Waals surface area contributed by atoms with Crippen LogP contribution in [0.3, 0.4) is 0 Å². The number of hydrogen-bond acceptors (Lipinski definition) is 5. The summed E-state index contributed by atoms with van der Waals surface area (Å²) in [5, 5.41) is 0. The summed E-state index contributed by atoms with van der Waals surface area (Å²) >= 11 is 1.57. The molecule has 5 rings (SSSR count). The Morgan fingerprint density at radius 1 is 0.606 bits per heavy atom. The van der Waals surface area contributed by atoms with Crippen LogP contribution in [0.1, 0.15) is 11.1 Å². The third-order valence-electron chi connectivity index (χ3n) is 4.96. The number of hydrogen-bond donors (Lipinski definition) is 0. The first-order valence-corrected chi connectivity index (χ1v) is 11.4. The van der Waals surface area contributed by atoms with E-state index in [1.807, 2.05) is 60.7 Å². The molecule has 7 heteroatoms. The molecular formula is C26H22N6S. The maximum atomic E-state index is 4.94. The Morgan fingerprint density at radius 2 is 1.15 bits per heavy atom. The number of aromatic nitrogens is 4. The van der Waals surface area contributed by atoms with E-state index in [0.717, 1.165) is 10.4 Å². The minimum Gasteiger partial charge on any atom is -0.281 e. The van der Waals surface area contributed by atoms with Crippen LogP contribution in [0.15, 0.2) is 119 Å². The lowest BCUT2D eigenvalue weighted by molar-refractivity contribution is 0.657. The van der Waals surface area contributed by atoms with Crippen molar-refractivity contribution in [3.63, 3.8) is 0 Å². The van der Waals surface area contributed by atoms with Crippen LogP contribution in [0.4, 0.5) is 11.6 Å². The molecule has 33 heavy (non-hydrogen) atoms. The van der Waals surface area contributed by atoms with Crippen LogP contribution in [0.5, 0.6) is 0 Å². The number of benzene rings is 2. The predicted molar refractivity (Wildman–Crippen MR) is 130 cm³/mol. The van der Waals surface area contributed by atoms with Crippen LogP contribution in [-0.4, -0.2) is 18.5 Å². The molecule has 0 aliphatic carbocycles. The van der Waals surface area contributed by atoms with E-state index in [2.05, 4.69) is 54.9 Å². The molecule has 0 fully saturated rings. The maximum Gasteiger partial charge on any atom is 0.224 e. The maximum absolute atomic E-state index is 4.94. The van der Waals surface area contributed by atoms with Crippen molar-refractivity contribution in [1.82, 2.24) is 18.5 Å². The minimum absolute atomic E-state index is 0.635. The molecule has 3 heterocycles. The highest BCUT2D eigenvalue weighted by atomic mass is 32.1. The molecule has 0 amide bonds. The second kappa shape index (κ2) is 10.0. The van der Waals surface area contributed by atoms with Gasteiger partial charge in [-0.25, -0.2) is 9.97 Å². The van der Waals surface area contributed by atoms with E-state index >= 15 is 0 Å². The third-order valence-corrected chi connectivity index (χ3v) is 5.95. The van der Waals surface area contributed by atoms with Crippen molar-refractivity contribution in [3.05, 3.63) is 131 Å². The van der Waals surface area contributed by atoms with Gasteiger partial charge in [0, 0.05) is 12.4 Å². The summed E-state index contributed by atoms with van der Waals surface area (Å²) in [6, 6.07) is 32.2. The molecular weight excluding hydrogens is 428 g/mol. The van der Waals surface area contributed by atoms with E-state index in [1.165, 1.54) is 11.1 Å². The van der Waals surface area contributed by atoms with Crippen molar-refractivity contribution >= 4 is 23.2 Å². The molecule has 0 spiro atoms. The fourth-order valence-electron chi connectivity index (χ4n) is 3.40. The fourth-order valence-corrected chi connectivity index (χ4v) is 4.41. The predicted octanol–water partition coefficient (Wildman–Crippen LogP) is 4.70. The summed E-state index contributed by atoms with van der Waals surface area (Å²) in [6.07, 6.45) is 3.51. The van der Waals surface area contributed by atoms with Crippen molar-refractivity contribution in [2.75, 3.05) is 0 Å². The molecule has 3 aromatic heterocycles. The molecule has 5 aromatic rings. The zero-order valence-corrected chi connectivity index (χ0v) is 18.7. The molecule has 0 atom stereocenters. The van der Waals surface area contributed by atoms with Crippen LogP contribution in [-0.2, 0) is 13.1 Å². The standard InChI is InChI=1S/C26H22N6S/c1-3-11-21(12-4-1)19-31-25(29-23-15-7-9-17-27-23)32(20-22-13-5-2-6-14-22)33-26(31)30-24-16-8-10-18-28-24/h1-18H,19-20H2/b29-25-,30-26-. The average molecular weight is 451 g/mol. The van der Waals surface area contributed by atoms with Gasteiger partial charge in [0.2, 0.25) is 10.4 Å². The van der Waals surface area contributed by atoms with E-state index in [1.54, 1.807) is 23.9 Å². The fraction of sp³-hybridized carbons (Fsp3) is 0.0769. The van der Waals surface area contributed by atoms with Gasteiger partial charge in [-0.05, 0) is 46.9 Å². The van der Waals surface area contributed by atoms with Crippen LogP contribution in [0.25, 0.3) is 0 Å². The van der Waals surface area contributed by atoms with Gasteiger partial charge in [0.1, 0.15) is 0 Å². The number of pyridine rings is 2. The normalized spacial score (nSPS) is 12.2. The topological polar surface area (TPSA) is 60.4 Å². The lowest BCUT2D eigenvalue weighted by Crippen LogP contribution is -2.31. The summed E-state index contributed by atoms with van der Waals surface area (Å²) in [7, 11) is 0. The summed E-state index contributed by atoms with van der Waals surface area (Å²) in [5.41, 5.74) is 3.15. The molecule has 6 nitrogen and oxygen atoms in total. The average Bonchev–Trinajstić information content (AvgIpc) is 3.17. The SMILES string of the molecule is c1ccc(Cn2s/c(=N\c3ccccn3)n(Cc3ccccc3)/c2=N/c2ccccn2)cc1. The van der Waals surface area contributed by atoms with Gasteiger partial charge in [0.15, 0.2) is 11.6 Å². The molecule has 0 N–H and O–H groups in total. The Balaban J connectivity index is 1.74. The molecule has 162 valence electrons. The molecule has 0 bridgehead atoms. The van der Waals surface area contributed by atoms with Gasteiger partial charge in [-0.1, -0.05) is 72.8 Å². The van der Waals surface area contributed by atoms with E-state index in [4.69, 9.17) is 9.98 Å². The summed E-state index contributed by atoms with van der Waals surface area (Å²) < 4.78 is 4.29. The lowest BCUT2D eigenvalue weighted by Gasteiger charge is -2.06. The Kier molecular flexibility index (Phi) is 6.31. The molecule has 0 saturated carbocycles. The second-order valence-corrected chi connectivity index (χ2v) is 8.36. The molecule has 0 radical (unpaired) electrons. The minimum atomic E-state index is 0.635. The Morgan fingerprint density at radius 3 is 1.73 bits per heavy atom. The Labute approximate surface area is 195 Å². The van der Waals surface area contributed by atoms with Crippen molar-refractivity contribution < 1.29 is 0 Å². The molecule has 0 saturated heterocycles. The highest BCUT2D eigenvalue weighted by Gasteiger charge is 2.10. The largest absolute Gasteiger partial charge is 0.281 e. The first-order valence-electron chi connectivity index (χ1n) is 10.7. The Hall–Kier alpha value is -4.10. The van der Waals surface area contributed by atoms with Crippen molar-refractivity contribution in [1.29, 1.82) is 0 Å². The van der Waals surface area contributed by atoms with Crippen LogP contribution in [0, 0.1) is 0 Å². The van der Waals surface area contributed by atoms with E-state index in [9.17, 15) is 0 Å². The van der Waals surface area contributed by atoms with Gasteiger partial charge < -0.3 is 0 Å². The van der Waals surface area contributed by atoms with Crippen LogP contribution < -0.4 is 10.4 Å². The molecule has 2 aromatic carbocycles. The van der Waals surface area contributed by atoms with E-state index in [0.29, 0.717) is 24.7 Å². The summed E-state index contributed by atoms with van der Waals surface area (Å²) in [6.45, 7) is 1.32. The molecule has 0 aliphatic rings. The molecule has 0 unspecified atom stereocenters. The van der Waals surface area contributed by atoms with Gasteiger partial charge in [-0.3, -0.25) is 8.52 Å². The van der Waals surface area contributed by atoms with Crippen molar-refractivity contribution in [2.45, 2.75) is 13.1 Å². The van der Waals surface area contributed by atoms with Gasteiger partial charge in [0.05, 0.1) is 13.1 Å². The zero-order valence-electron chi connectivity index (χ0n) is 17.9. The first kappa shape index (κ1) is 20.8. The lowest BCUT2D eigenvalue weighted by atomic mass is 10.2. The number of nitrogens with zero attached hydrogens (tertiary/aromatic N) is 6. The van der Waals surface area contributed by atoms with Crippen LogP contribution >= 0.6 is 11.5 Å². The monoisotopic (exact) mass is 450 g/mol. The van der Waals surface area contributed by atoms with Crippen LogP contribution in [0.2, 0.25) is 0 Å². The highest BCUT2D eigenvalue weighted by Crippen LogP contribution is 2.09. The van der Waals surface area contributed by atoms with E-state index < -0.39 is 0 Å². The second-order valence-electron chi connectivity index (χ2n) is 7.37. The van der Waals surface area contributed by atoms with Gasteiger partial charge in [-0.15, -0.1) is 0 Å². The molecule has 0 aliphatic heterocycles. The van der Waals surface area contributed by atoms with Gasteiger partial charge in [0.25, 0.3) is 0 Å².